The molecule has 1 rings (SSSR count). The maximum absolute atomic E-state index is 11.7. The Morgan fingerprint density at radius 1 is 1.50 bits per heavy atom. The summed E-state index contributed by atoms with van der Waals surface area (Å²) in [6, 6.07) is 0. The molecule has 2 atom stereocenters. The molecule has 0 radical (unpaired) electrons. The van der Waals surface area contributed by atoms with Crippen LogP contribution in [0.5, 0.6) is 0 Å². The van der Waals surface area contributed by atoms with Crippen molar-refractivity contribution in [3.8, 4) is 0 Å². The summed E-state index contributed by atoms with van der Waals surface area (Å²) >= 11 is 0. The van der Waals surface area contributed by atoms with E-state index in [1.165, 1.54) is 0 Å². The average Bonchev–Trinajstić information content (AvgIpc) is 2.20. The second-order valence-electron chi connectivity index (χ2n) is 4.83. The summed E-state index contributed by atoms with van der Waals surface area (Å²) in [6.45, 7) is 5.36. The Labute approximate surface area is 86.4 Å². The third-order valence-electron chi connectivity index (χ3n) is 3.45. The normalized spacial score (nSPS) is 31.6. The molecule has 0 spiro atoms. The lowest BCUT2D eigenvalue weighted by Gasteiger charge is -2.25. The number of aliphatic hydroxyl groups excluding tert-OH is 1. The van der Waals surface area contributed by atoms with Gasteiger partial charge in [0.25, 0.3) is 0 Å². The standard InChI is InChI=1S/C10H20O3S/c1-8(11)4-5-9-6-7-14(12,13)10(9,2)3/h8-9,11H,4-7H2,1-3H3/t8-,9?/m1/s1. The molecule has 0 aromatic heterocycles. The lowest BCUT2D eigenvalue weighted by atomic mass is 9.88. The predicted octanol–water partition coefficient (Wildman–Crippen LogP) is 1.36. The third-order valence-corrected chi connectivity index (χ3v) is 6.16. The van der Waals surface area contributed by atoms with Crippen molar-refractivity contribution in [3.05, 3.63) is 0 Å². The van der Waals surface area contributed by atoms with Crippen molar-refractivity contribution in [3.63, 3.8) is 0 Å². The van der Waals surface area contributed by atoms with Crippen LogP contribution in [0.4, 0.5) is 0 Å². The van der Waals surface area contributed by atoms with Gasteiger partial charge in [-0.15, -0.1) is 0 Å². The monoisotopic (exact) mass is 220 g/mol. The largest absolute Gasteiger partial charge is 0.393 e. The molecule has 3 nitrogen and oxygen atoms in total. The van der Waals surface area contributed by atoms with Crippen LogP contribution in [0.1, 0.15) is 40.0 Å². The smallest absolute Gasteiger partial charge is 0.155 e. The van der Waals surface area contributed by atoms with Crippen LogP contribution in [-0.4, -0.2) is 30.1 Å². The number of aliphatic hydroxyl groups is 1. The van der Waals surface area contributed by atoms with Gasteiger partial charge in [-0.25, -0.2) is 8.42 Å². The average molecular weight is 220 g/mol. The molecule has 1 heterocycles. The molecule has 1 unspecified atom stereocenters. The number of hydrogen-bond acceptors (Lipinski definition) is 3. The van der Waals surface area contributed by atoms with Gasteiger partial charge < -0.3 is 5.11 Å². The van der Waals surface area contributed by atoms with Crippen molar-refractivity contribution in [2.75, 3.05) is 5.75 Å². The highest BCUT2D eigenvalue weighted by molar-refractivity contribution is 7.93. The number of hydrogen-bond donors (Lipinski definition) is 1. The van der Waals surface area contributed by atoms with Crippen molar-refractivity contribution in [2.45, 2.75) is 50.9 Å². The molecular formula is C10H20O3S. The molecule has 84 valence electrons. The topological polar surface area (TPSA) is 54.4 Å². The molecule has 0 aromatic carbocycles. The van der Waals surface area contributed by atoms with Crippen molar-refractivity contribution < 1.29 is 13.5 Å². The number of rotatable bonds is 3. The predicted molar refractivity (Wildman–Crippen MR) is 56.9 cm³/mol. The molecule has 0 bridgehead atoms. The number of sulfone groups is 1. The molecular weight excluding hydrogens is 200 g/mol. The van der Waals surface area contributed by atoms with E-state index >= 15 is 0 Å². The first-order chi connectivity index (χ1) is 6.27. The highest BCUT2D eigenvalue weighted by atomic mass is 32.2. The quantitative estimate of drug-likeness (QED) is 0.781. The van der Waals surface area contributed by atoms with Gasteiger partial charge >= 0.3 is 0 Å². The van der Waals surface area contributed by atoms with Crippen LogP contribution in [0.25, 0.3) is 0 Å². The summed E-state index contributed by atoms with van der Waals surface area (Å²) in [5.41, 5.74) is 0. The van der Waals surface area contributed by atoms with Crippen molar-refractivity contribution in [2.24, 2.45) is 5.92 Å². The van der Waals surface area contributed by atoms with Gasteiger partial charge in [0.2, 0.25) is 0 Å². The first-order valence-electron chi connectivity index (χ1n) is 5.18. The zero-order valence-electron chi connectivity index (χ0n) is 9.16. The molecule has 1 aliphatic rings. The Hall–Kier alpha value is -0.0900. The van der Waals surface area contributed by atoms with Crippen molar-refractivity contribution >= 4 is 9.84 Å². The van der Waals surface area contributed by atoms with Gasteiger partial charge in [-0.3, -0.25) is 0 Å². The van der Waals surface area contributed by atoms with E-state index in [0.29, 0.717) is 12.2 Å². The molecule has 1 saturated heterocycles. The van der Waals surface area contributed by atoms with Crippen LogP contribution >= 0.6 is 0 Å². The second-order valence-corrected chi connectivity index (χ2v) is 7.52. The van der Waals surface area contributed by atoms with Crippen LogP contribution in [-0.2, 0) is 9.84 Å². The Morgan fingerprint density at radius 3 is 2.43 bits per heavy atom. The second kappa shape index (κ2) is 3.81. The van der Waals surface area contributed by atoms with Gasteiger partial charge in [0.05, 0.1) is 16.6 Å². The fourth-order valence-electron chi connectivity index (χ4n) is 2.10. The van der Waals surface area contributed by atoms with E-state index in [4.69, 9.17) is 5.11 Å². The van der Waals surface area contributed by atoms with Crippen LogP contribution in [0.2, 0.25) is 0 Å². The summed E-state index contributed by atoms with van der Waals surface area (Å²) in [7, 11) is -2.90. The zero-order chi connectivity index (χ0) is 11.0. The summed E-state index contributed by atoms with van der Waals surface area (Å²) in [5.74, 6) is 0.520. The molecule has 0 aliphatic carbocycles. The van der Waals surface area contributed by atoms with E-state index in [-0.39, 0.29) is 12.0 Å². The maximum Gasteiger partial charge on any atom is 0.155 e. The molecule has 0 amide bonds. The fraction of sp³-hybridized carbons (Fsp3) is 1.00. The molecule has 4 heteroatoms. The Bertz CT molecular complexity index is 290. The van der Waals surface area contributed by atoms with Crippen LogP contribution in [0, 0.1) is 5.92 Å². The minimum Gasteiger partial charge on any atom is -0.393 e. The SMILES string of the molecule is C[C@@H](O)CCC1CCS(=O)(=O)C1(C)C. The van der Waals surface area contributed by atoms with Gasteiger partial charge in [0, 0.05) is 0 Å². The van der Waals surface area contributed by atoms with E-state index in [0.717, 1.165) is 12.8 Å². The highest BCUT2D eigenvalue weighted by Crippen LogP contribution is 2.39. The lowest BCUT2D eigenvalue weighted by Crippen LogP contribution is -2.33. The maximum atomic E-state index is 11.7. The molecule has 1 fully saturated rings. The molecule has 0 saturated carbocycles. The van der Waals surface area contributed by atoms with E-state index in [2.05, 4.69) is 0 Å². The first kappa shape index (κ1) is 12.0. The summed E-state index contributed by atoms with van der Waals surface area (Å²) in [6.07, 6.45) is 1.93. The van der Waals surface area contributed by atoms with E-state index in [1.54, 1.807) is 6.92 Å². The Kier molecular flexibility index (Phi) is 3.26. The first-order valence-corrected chi connectivity index (χ1v) is 6.83. The van der Waals surface area contributed by atoms with Gasteiger partial charge in [-0.2, -0.15) is 0 Å². The van der Waals surface area contributed by atoms with Crippen LogP contribution in [0.3, 0.4) is 0 Å². The molecule has 14 heavy (non-hydrogen) atoms. The zero-order valence-corrected chi connectivity index (χ0v) is 9.97. The van der Waals surface area contributed by atoms with Crippen molar-refractivity contribution in [1.29, 1.82) is 0 Å². The van der Waals surface area contributed by atoms with Crippen LogP contribution < -0.4 is 0 Å². The summed E-state index contributed by atoms with van der Waals surface area (Å²) in [5, 5.41) is 9.16. The van der Waals surface area contributed by atoms with Gasteiger partial charge in [0.1, 0.15) is 0 Å². The Morgan fingerprint density at radius 2 is 2.07 bits per heavy atom. The van der Waals surface area contributed by atoms with E-state index < -0.39 is 14.6 Å². The van der Waals surface area contributed by atoms with E-state index in [9.17, 15) is 8.42 Å². The minimum absolute atomic E-state index is 0.210. The van der Waals surface area contributed by atoms with E-state index in [1.807, 2.05) is 13.8 Å². The fourth-order valence-corrected chi connectivity index (χ4v) is 3.96. The third kappa shape index (κ3) is 2.11. The minimum atomic E-state index is -2.90. The highest BCUT2D eigenvalue weighted by Gasteiger charge is 2.46. The molecule has 0 aromatic rings. The van der Waals surface area contributed by atoms with Crippen molar-refractivity contribution in [1.82, 2.24) is 0 Å². The Balaban J connectivity index is 2.66. The lowest BCUT2D eigenvalue weighted by molar-refractivity contribution is 0.169. The van der Waals surface area contributed by atoms with Crippen LogP contribution in [0.15, 0.2) is 0 Å². The van der Waals surface area contributed by atoms with Gasteiger partial charge in [-0.1, -0.05) is 0 Å². The summed E-state index contributed by atoms with van der Waals surface area (Å²) in [4.78, 5) is 0. The molecule has 1 N–H and O–H groups in total. The molecule has 1 aliphatic heterocycles. The summed E-state index contributed by atoms with van der Waals surface area (Å²) < 4.78 is 22.8. The van der Waals surface area contributed by atoms with Gasteiger partial charge in [-0.05, 0) is 46.0 Å². The van der Waals surface area contributed by atoms with Gasteiger partial charge in [0.15, 0.2) is 9.84 Å².